The molecule has 126 valence electrons. The lowest BCUT2D eigenvalue weighted by molar-refractivity contribution is -0.144. The highest BCUT2D eigenvalue weighted by molar-refractivity contribution is 5.81. The third-order valence-corrected chi connectivity index (χ3v) is 3.59. The van der Waals surface area contributed by atoms with Gasteiger partial charge in [0.05, 0.1) is 26.1 Å². The Hall–Kier alpha value is -1.63. The summed E-state index contributed by atoms with van der Waals surface area (Å²) in [5.74, 6) is -0.401. The molecule has 0 spiro atoms. The molecule has 22 heavy (non-hydrogen) atoms. The maximum absolute atomic E-state index is 11.8. The van der Waals surface area contributed by atoms with Crippen LogP contribution in [0.1, 0.15) is 39.0 Å². The van der Waals surface area contributed by atoms with E-state index in [0.29, 0.717) is 32.7 Å². The summed E-state index contributed by atoms with van der Waals surface area (Å²) >= 11 is 0. The molecule has 7 heteroatoms. The number of amides is 2. The second-order valence-corrected chi connectivity index (χ2v) is 5.27. The van der Waals surface area contributed by atoms with Crippen LogP contribution in [0, 0.1) is 0 Å². The van der Waals surface area contributed by atoms with Gasteiger partial charge in [-0.05, 0) is 19.8 Å². The van der Waals surface area contributed by atoms with Gasteiger partial charge in [-0.15, -0.1) is 0 Å². The molecule has 0 atom stereocenters. The lowest BCUT2D eigenvalue weighted by Gasteiger charge is -2.32. The molecule has 1 aliphatic heterocycles. The first kappa shape index (κ1) is 18.4. The summed E-state index contributed by atoms with van der Waals surface area (Å²) in [5.41, 5.74) is 0. The summed E-state index contributed by atoms with van der Waals surface area (Å²) < 4.78 is 9.68. The first-order chi connectivity index (χ1) is 10.6. The van der Waals surface area contributed by atoms with Crippen LogP contribution in [0.15, 0.2) is 0 Å². The average molecular weight is 314 g/mol. The molecular formula is C15H26N2O5. The second kappa shape index (κ2) is 10.2. The lowest BCUT2D eigenvalue weighted by Crippen LogP contribution is -2.46. The molecule has 1 fully saturated rings. The van der Waals surface area contributed by atoms with Gasteiger partial charge in [-0.1, -0.05) is 0 Å². The molecule has 0 saturated carbocycles. The van der Waals surface area contributed by atoms with Crippen LogP contribution in [0.5, 0.6) is 0 Å². The van der Waals surface area contributed by atoms with E-state index in [1.165, 1.54) is 0 Å². The van der Waals surface area contributed by atoms with Crippen molar-refractivity contribution in [1.82, 2.24) is 10.2 Å². The van der Waals surface area contributed by atoms with Crippen molar-refractivity contribution < 1.29 is 23.9 Å². The largest absolute Gasteiger partial charge is 0.466 e. The van der Waals surface area contributed by atoms with Gasteiger partial charge in [0.25, 0.3) is 0 Å². The molecule has 0 unspecified atom stereocenters. The van der Waals surface area contributed by atoms with Gasteiger partial charge in [-0.3, -0.25) is 14.4 Å². The third kappa shape index (κ3) is 6.89. The van der Waals surface area contributed by atoms with Crippen LogP contribution in [-0.2, 0) is 23.9 Å². The summed E-state index contributed by atoms with van der Waals surface area (Å²) in [7, 11) is 1.57. The highest BCUT2D eigenvalue weighted by atomic mass is 16.5. The molecule has 0 aromatic carbocycles. The Bertz CT molecular complexity index is 378. The lowest BCUT2D eigenvalue weighted by atomic mass is 10.0. The van der Waals surface area contributed by atoms with E-state index in [-0.39, 0.29) is 36.7 Å². The monoisotopic (exact) mass is 314 g/mol. The molecule has 0 aromatic rings. The Morgan fingerprint density at radius 1 is 1.14 bits per heavy atom. The molecule has 1 N–H and O–H groups in total. The minimum absolute atomic E-state index is 0.0705. The Kier molecular flexibility index (Phi) is 8.50. The Morgan fingerprint density at radius 2 is 1.82 bits per heavy atom. The molecule has 1 aliphatic rings. The summed E-state index contributed by atoms with van der Waals surface area (Å²) in [6.45, 7) is 3.79. The fourth-order valence-electron chi connectivity index (χ4n) is 2.37. The highest BCUT2D eigenvalue weighted by Gasteiger charge is 2.23. The van der Waals surface area contributed by atoms with Crippen LogP contribution in [0.3, 0.4) is 0 Å². The molecule has 0 aliphatic carbocycles. The van der Waals surface area contributed by atoms with E-state index in [1.807, 2.05) is 0 Å². The number of ether oxygens (including phenoxy) is 2. The summed E-state index contributed by atoms with van der Waals surface area (Å²) in [5, 5.41) is 2.91. The van der Waals surface area contributed by atoms with Crippen molar-refractivity contribution in [1.29, 1.82) is 0 Å². The maximum Gasteiger partial charge on any atom is 0.306 e. The van der Waals surface area contributed by atoms with E-state index in [2.05, 4.69) is 5.32 Å². The molecule has 1 saturated heterocycles. The first-order valence-corrected chi connectivity index (χ1v) is 7.78. The van der Waals surface area contributed by atoms with Crippen LogP contribution in [0.4, 0.5) is 0 Å². The SMILES string of the molecule is CCOC(=O)CCC(=O)NC1CCN(C(=O)CCOC)CC1. The van der Waals surface area contributed by atoms with E-state index in [0.717, 1.165) is 12.8 Å². The summed E-state index contributed by atoms with van der Waals surface area (Å²) in [6, 6.07) is 0.0705. The maximum atomic E-state index is 11.8. The smallest absolute Gasteiger partial charge is 0.306 e. The number of hydrogen-bond acceptors (Lipinski definition) is 5. The molecule has 0 bridgehead atoms. The van der Waals surface area contributed by atoms with Crippen molar-refractivity contribution in [3.63, 3.8) is 0 Å². The number of hydrogen-bond donors (Lipinski definition) is 1. The van der Waals surface area contributed by atoms with E-state index in [1.54, 1.807) is 18.9 Å². The number of esters is 1. The normalized spacial score (nSPS) is 15.5. The number of carbonyl (C=O) groups is 3. The topological polar surface area (TPSA) is 84.9 Å². The number of piperidine rings is 1. The Morgan fingerprint density at radius 3 is 2.41 bits per heavy atom. The number of methoxy groups -OCH3 is 1. The zero-order valence-electron chi connectivity index (χ0n) is 13.4. The zero-order chi connectivity index (χ0) is 16.4. The minimum Gasteiger partial charge on any atom is -0.466 e. The van der Waals surface area contributed by atoms with Crippen LogP contribution in [0.25, 0.3) is 0 Å². The van der Waals surface area contributed by atoms with Crippen molar-refractivity contribution >= 4 is 17.8 Å². The average Bonchev–Trinajstić information content (AvgIpc) is 2.51. The van der Waals surface area contributed by atoms with Crippen LogP contribution < -0.4 is 5.32 Å². The molecule has 2 amide bonds. The van der Waals surface area contributed by atoms with Gasteiger partial charge in [-0.25, -0.2) is 0 Å². The van der Waals surface area contributed by atoms with Gasteiger partial charge < -0.3 is 19.7 Å². The number of carbonyl (C=O) groups excluding carboxylic acids is 3. The molecule has 0 aromatic heterocycles. The number of likely N-dealkylation sites (tertiary alicyclic amines) is 1. The molecule has 7 nitrogen and oxygen atoms in total. The zero-order valence-corrected chi connectivity index (χ0v) is 13.4. The van der Waals surface area contributed by atoms with Crippen LogP contribution in [-0.4, -0.2) is 62.1 Å². The molecule has 1 rings (SSSR count). The Labute approximate surface area is 131 Å². The van der Waals surface area contributed by atoms with Crippen molar-refractivity contribution in [3.8, 4) is 0 Å². The quantitative estimate of drug-likeness (QED) is 0.659. The van der Waals surface area contributed by atoms with Crippen LogP contribution in [0.2, 0.25) is 0 Å². The number of rotatable bonds is 8. The van der Waals surface area contributed by atoms with Gasteiger partial charge >= 0.3 is 5.97 Å². The fraction of sp³-hybridized carbons (Fsp3) is 0.800. The number of nitrogens with zero attached hydrogens (tertiary/aromatic N) is 1. The predicted octanol–water partition coefficient (Wildman–Crippen LogP) is 0.473. The van der Waals surface area contributed by atoms with Crippen molar-refractivity contribution in [2.75, 3.05) is 33.4 Å². The predicted molar refractivity (Wildman–Crippen MR) is 80.1 cm³/mol. The van der Waals surface area contributed by atoms with E-state index < -0.39 is 0 Å². The van der Waals surface area contributed by atoms with Gasteiger partial charge in [0.2, 0.25) is 11.8 Å². The van der Waals surface area contributed by atoms with Crippen molar-refractivity contribution in [3.05, 3.63) is 0 Å². The van der Waals surface area contributed by atoms with Gasteiger partial charge in [0, 0.05) is 32.7 Å². The van der Waals surface area contributed by atoms with E-state index in [4.69, 9.17) is 9.47 Å². The van der Waals surface area contributed by atoms with E-state index >= 15 is 0 Å². The summed E-state index contributed by atoms with van der Waals surface area (Å²) in [4.78, 5) is 36.6. The fourth-order valence-corrected chi connectivity index (χ4v) is 2.37. The molecular weight excluding hydrogens is 288 g/mol. The summed E-state index contributed by atoms with van der Waals surface area (Å²) in [6.07, 6.45) is 2.13. The van der Waals surface area contributed by atoms with Gasteiger partial charge in [0.1, 0.15) is 0 Å². The van der Waals surface area contributed by atoms with Crippen LogP contribution >= 0.6 is 0 Å². The molecule has 0 radical (unpaired) electrons. The minimum atomic E-state index is -0.351. The van der Waals surface area contributed by atoms with Gasteiger partial charge in [-0.2, -0.15) is 0 Å². The van der Waals surface area contributed by atoms with E-state index in [9.17, 15) is 14.4 Å². The van der Waals surface area contributed by atoms with Crippen molar-refractivity contribution in [2.45, 2.75) is 45.1 Å². The van der Waals surface area contributed by atoms with Crippen molar-refractivity contribution in [2.24, 2.45) is 0 Å². The molecule has 1 heterocycles. The van der Waals surface area contributed by atoms with Gasteiger partial charge in [0.15, 0.2) is 0 Å². The highest BCUT2D eigenvalue weighted by Crippen LogP contribution is 2.12. The number of nitrogens with one attached hydrogen (secondary N) is 1. The Balaban J connectivity index is 2.20. The first-order valence-electron chi connectivity index (χ1n) is 7.78. The standard InChI is InChI=1S/C15H26N2O5/c1-3-22-15(20)5-4-13(18)16-12-6-9-17(10-7-12)14(19)8-11-21-2/h12H,3-11H2,1-2H3,(H,16,18). The second-order valence-electron chi connectivity index (χ2n) is 5.27. The third-order valence-electron chi connectivity index (χ3n) is 3.59.